The minimum atomic E-state index is -1.17. The number of guanidine groups is 1. The largest absolute Gasteiger partial charge is 0.463 e. The molecule has 1 aromatic carbocycles. The number of carbonyl (C=O) groups is 1. The van der Waals surface area contributed by atoms with Gasteiger partial charge in [0, 0.05) is 25.2 Å². The molecule has 0 spiro atoms. The Morgan fingerprint density at radius 2 is 1.97 bits per heavy atom. The number of hydrogen-bond acceptors (Lipinski definition) is 5. The molecule has 2 rings (SSSR count). The van der Waals surface area contributed by atoms with E-state index in [0.29, 0.717) is 36.9 Å². The number of benzene rings is 1. The summed E-state index contributed by atoms with van der Waals surface area (Å²) >= 11 is 0. The van der Waals surface area contributed by atoms with Crippen LogP contribution in [0.4, 0.5) is 0 Å². The van der Waals surface area contributed by atoms with Gasteiger partial charge in [-0.05, 0) is 64.7 Å². The summed E-state index contributed by atoms with van der Waals surface area (Å²) < 4.78 is 5.56. The zero-order valence-electron chi connectivity index (χ0n) is 19.2. The van der Waals surface area contributed by atoms with Crippen LogP contribution in [-0.2, 0) is 12.1 Å². The Bertz CT molecular complexity index is 874. The van der Waals surface area contributed by atoms with E-state index in [1.807, 2.05) is 57.1 Å². The Kier molecular flexibility index (Phi) is 9.08. The number of furan rings is 1. The van der Waals surface area contributed by atoms with Crippen LogP contribution in [0.5, 0.6) is 0 Å². The Morgan fingerprint density at radius 1 is 1.19 bits per heavy atom. The molecule has 1 amide bonds. The molecule has 0 bridgehead atoms. The van der Waals surface area contributed by atoms with E-state index in [0.717, 1.165) is 17.9 Å². The van der Waals surface area contributed by atoms with Gasteiger partial charge in [0.15, 0.2) is 5.96 Å². The topological polar surface area (TPSA) is 102 Å². The summed E-state index contributed by atoms with van der Waals surface area (Å²) in [6, 6.07) is 11.0. The van der Waals surface area contributed by atoms with E-state index in [4.69, 9.17) is 4.42 Å². The molecular formula is C23H35N5O3. The van der Waals surface area contributed by atoms with Crippen molar-refractivity contribution in [3.05, 3.63) is 59.0 Å². The second-order valence-electron chi connectivity index (χ2n) is 7.99. The fourth-order valence-corrected chi connectivity index (χ4v) is 2.89. The van der Waals surface area contributed by atoms with Crippen LogP contribution in [-0.4, -0.2) is 62.1 Å². The number of carbonyl (C=O) groups excluding carboxylic acids is 1. The smallest absolute Gasteiger partial charge is 0.251 e. The number of hydrogen-bond donors (Lipinski definition) is 4. The van der Waals surface area contributed by atoms with E-state index in [9.17, 15) is 9.90 Å². The first-order valence-electron chi connectivity index (χ1n) is 10.5. The molecule has 0 aliphatic heterocycles. The van der Waals surface area contributed by atoms with E-state index in [1.165, 1.54) is 0 Å². The summed E-state index contributed by atoms with van der Waals surface area (Å²) in [6.07, 6.45) is 0. The van der Waals surface area contributed by atoms with Crippen molar-refractivity contribution in [2.45, 2.75) is 32.9 Å². The minimum Gasteiger partial charge on any atom is -0.463 e. The average Bonchev–Trinajstić information content (AvgIpc) is 3.17. The van der Waals surface area contributed by atoms with Crippen molar-refractivity contribution >= 4 is 11.9 Å². The number of likely N-dealkylation sites (N-methyl/N-ethyl adjacent to an activating group) is 1. The van der Waals surface area contributed by atoms with Gasteiger partial charge >= 0.3 is 0 Å². The second kappa shape index (κ2) is 11.5. The first kappa shape index (κ1) is 24.4. The monoisotopic (exact) mass is 429 g/mol. The lowest BCUT2D eigenvalue weighted by atomic mass is 10.0. The summed E-state index contributed by atoms with van der Waals surface area (Å²) in [6.45, 7) is 8.21. The van der Waals surface area contributed by atoms with Crippen molar-refractivity contribution in [3.63, 3.8) is 0 Å². The maximum Gasteiger partial charge on any atom is 0.251 e. The van der Waals surface area contributed by atoms with E-state index >= 15 is 0 Å². The van der Waals surface area contributed by atoms with E-state index in [1.54, 1.807) is 19.1 Å². The van der Waals surface area contributed by atoms with Crippen molar-refractivity contribution < 1.29 is 14.3 Å². The minimum absolute atomic E-state index is 0.0949. The number of nitrogens with zero attached hydrogens (tertiary/aromatic N) is 2. The maximum atomic E-state index is 12.3. The fraction of sp³-hybridized carbons (Fsp3) is 0.478. The summed E-state index contributed by atoms with van der Waals surface area (Å²) in [5.74, 6) is 1.73. The molecule has 0 radical (unpaired) electrons. The number of amides is 1. The van der Waals surface area contributed by atoms with Crippen molar-refractivity contribution in [1.29, 1.82) is 0 Å². The summed E-state index contributed by atoms with van der Waals surface area (Å²) in [5.41, 5.74) is 0.362. The van der Waals surface area contributed by atoms with Crippen LogP contribution in [0.3, 0.4) is 0 Å². The van der Waals surface area contributed by atoms with E-state index in [-0.39, 0.29) is 12.5 Å². The van der Waals surface area contributed by atoms with Gasteiger partial charge in [0.1, 0.15) is 17.1 Å². The lowest BCUT2D eigenvalue weighted by molar-refractivity contribution is 0.0378. The molecule has 4 N–H and O–H groups in total. The third-order valence-electron chi connectivity index (χ3n) is 4.67. The van der Waals surface area contributed by atoms with Crippen molar-refractivity contribution in [2.24, 2.45) is 4.99 Å². The molecule has 1 aromatic heterocycles. The van der Waals surface area contributed by atoms with Gasteiger partial charge < -0.3 is 30.4 Å². The second-order valence-corrected chi connectivity index (χ2v) is 7.99. The predicted octanol–water partition coefficient (Wildman–Crippen LogP) is 1.84. The lowest BCUT2D eigenvalue weighted by Crippen LogP contribution is -2.44. The molecule has 0 aliphatic carbocycles. The van der Waals surface area contributed by atoms with Crippen LogP contribution in [0.15, 0.2) is 45.8 Å². The van der Waals surface area contributed by atoms with Crippen LogP contribution >= 0.6 is 0 Å². The van der Waals surface area contributed by atoms with Gasteiger partial charge in [-0.25, -0.2) is 4.99 Å². The third-order valence-corrected chi connectivity index (χ3v) is 4.67. The molecule has 8 nitrogen and oxygen atoms in total. The summed E-state index contributed by atoms with van der Waals surface area (Å²) in [4.78, 5) is 18.9. The number of aliphatic hydroxyl groups is 1. The van der Waals surface area contributed by atoms with Crippen molar-refractivity contribution in [3.8, 4) is 0 Å². The Hall–Kier alpha value is -2.84. The number of aliphatic imine (C=N–C) groups is 1. The normalized spacial score (nSPS) is 13.7. The highest BCUT2D eigenvalue weighted by Gasteiger charge is 2.27. The molecule has 0 aliphatic rings. The van der Waals surface area contributed by atoms with Crippen LogP contribution in [0, 0.1) is 6.92 Å². The Balaban J connectivity index is 1.99. The van der Waals surface area contributed by atoms with Crippen LogP contribution in [0.25, 0.3) is 0 Å². The average molecular weight is 430 g/mol. The molecule has 1 unspecified atom stereocenters. The highest BCUT2D eigenvalue weighted by Crippen LogP contribution is 2.21. The SMILES string of the molecule is CCNC(=NCc1cccc(C(=O)NCCN(C)C)c1)NCC(C)(O)c1ccc(C)o1. The van der Waals surface area contributed by atoms with Crippen LogP contribution < -0.4 is 16.0 Å². The molecule has 0 saturated heterocycles. The lowest BCUT2D eigenvalue weighted by Gasteiger charge is -2.22. The first-order chi connectivity index (χ1) is 14.7. The Labute approximate surface area is 184 Å². The highest BCUT2D eigenvalue weighted by atomic mass is 16.4. The van der Waals surface area contributed by atoms with Gasteiger partial charge in [0.2, 0.25) is 0 Å². The van der Waals surface area contributed by atoms with Crippen LogP contribution in [0.1, 0.15) is 41.3 Å². The van der Waals surface area contributed by atoms with Crippen LogP contribution in [0.2, 0.25) is 0 Å². The summed E-state index contributed by atoms with van der Waals surface area (Å²) in [7, 11) is 3.94. The highest BCUT2D eigenvalue weighted by molar-refractivity contribution is 5.94. The number of rotatable bonds is 10. The molecule has 1 heterocycles. The van der Waals surface area contributed by atoms with Gasteiger partial charge in [-0.1, -0.05) is 12.1 Å². The molecule has 8 heteroatoms. The third kappa shape index (κ3) is 8.07. The molecule has 0 fully saturated rings. The van der Waals surface area contributed by atoms with Gasteiger partial charge in [-0.3, -0.25) is 4.79 Å². The number of nitrogens with one attached hydrogen (secondary N) is 3. The molecule has 1 atom stereocenters. The number of aryl methyl sites for hydroxylation is 1. The standard InChI is InChI=1S/C23H35N5O3/c1-6-24-22(27-16-23(3,30)20-11-10-17(2)31-20)26-15-18-8-7-9-19(14-18)21(29)25-12-13-28(4)5/h7-11,14,30H,6,12-13,15-16H2,1-5H3,(H,25,29)(H2,24,26,27). The Morgan fingerprint density at radius 3 is 2.61 bits per heavy atom. The van der Waals surface area contributed by atoms with Gasteiger partial charge in [0.05, 0.1) is 13.1 Å². The van der Waals surface area contributed by atoms with Gasteiger partial charge in [-0.15, -0.1) is 0 Å². The van der Waals surface area contributed by atoms with Gasteiger partial charge in [0.25, 0.3) is 5.91 Å². The quantitative estimate of drug-likeness (QED) is 0.340. The molecule has 170 valence electrons. The fourth-order valence-electron chi connectivity index (χ4n) is 2.89. The molecule has 0 saturated carbocycles. The zero-order valence-corrected chi connectivity index (χ0v) is 19.2. The first-order valence-corrected chi connectivity index (χ1v) is 10.5. The predicted molar refractivity (Wildman–Crippen MR) is 123 cm³/mol. The van der Waals surface area contributed by atoms with Gasteiger partial charge in [-0.2, -0.15) is 0 Å². The zero-order chi connectivity index (χ0) is 22.9. The van der Waals surface area contributed by atoms with Crippen molar-refractivity contribution in [2.75, 3.05) is 40.3 Å². The van der Waals surface area contributed by atoms with E-state index in [2.05, 4.69) is 20.9 Å². The molecular weight excluding hydrogens is 394 g/mol. The van der Waals surface area contributed by atoms with Crippen molar-refractivity contribution in [1.82, 2.24) is 20.9 Å². The molecule has 2 aromatic rings. The maximum absolute atomic E-state index is 12.3. The summed E-state index contributed by atoms with van der Waals surface area (Å²) in [5, 5.41) is 20.0. The van der Waals surface area contributed by atoms with E-state index < -0.39 is 5.60 Å². The molecule has 31 heavy (non-hydrogen) atoms.